The molecule has 0 saturated heterocycles. The molecule has 0 aromatic heterocycles. The second-order valence-electron chi connectivity index (χ2n) is 5.79. The Kier molecular flexibility index (Phi) is 5.42. The monoisotopic (exact) mass is 297 g/mol. The summed E-state index contributed by atoms with van der Waals surface area (Å²) in [5.74, 6) is 0.498. The summed E-state index contributed by atoms with van der Waals surface area (Å²) in [4.78, 5) is 12.0. The number of anilines is 3. The highest BCUT2D eigenvalue weighted by atomic mass is 16.1. The number of nitrogens with two attached hydrogens (primary N) is 1. The zero-order chi connectivity index (χ0) is 15.9. The van der Waals surface area contributed by atoms with Crippen LogP contribution in [0.25, 0.3) is 0 Å². The lowest BCUT2D eigenvalue weighted by Gasteiger charge is -2.13. The van der Waals surface area contributed by atoms with Crippen molar-refractivity contribution in [2.75, 3.05) is 22.9 Å². The minimum absolute atomic E-state index is 0.0477. The molecule has 0 aliphatic heterocycles. The maximum Gasteiger partial charge on any atom is 0.228 e. The highest BCUT2D eigenvalue weighted by Crippen LogP contribution is 2.23. The van der Waals surface area contributed by atoms with Crippen molar-refractivity contribution in [2.24, 2.45) is 5.92 Å². The molecular weight excluding hydrogens is 274 g/mol. The second kappa shape index (κ2) is 7.50. The molecule has 0 radical (unpaired) electrons. The number of hydrogen-bond acceptors (Lipinski definition) is 3. The van der Waals surface area contributed by atoms with Crippen LogP contribution in [0.2, 0.25) is 0 Å². The van der Waals surface area contributed by atoms with Crippen molar-refractivity contribution < 1.29 is 4.79 Å². The predicted octanol–water partition coefficient (Wildman–Crippen LogP) is 3.52. The molecule has 4 nitrogen and oxygen atoms in total. The van der Waals surface area contributed by atoms with Crippen molar-refractivity contribution in [1.82, 2.24) is 0 Å². The molecule has 4 heteroatoms. The van der Waals surface area contributed by atoms with Gasteiger partial charge in [-0.05, 0) is 29.7 Å². The molecule has 0 aliphatic carbocycles. The molecule has 22 heavy (non-hydrogen) atoms. The Morgan fingerprint density at radius 1 is 1.14 bits per heavy atom. The molecule has 0 spiro atoms. The van der Waals surface area contributed by atoms with Gasteiger partial charge < -0.3 is 16.4 Å². The van der Waals surface area contributed by atoms with Gasteiger partial charge in [-0.15, -0.1) is 0 Å². The third kappa shape index (κ3) is 4.81. The van der Waals surface area contributed by atoms with Crippen LogP contribution in [0.15, 0.2) is 48.5 Å². The van der Waals surface area contributed by atoms with Crippen molar-refractivity contribution in [3.8, 4) is 0 Å². The molecular formula is C18H23N3O. The van der Waals surface area contributed by atoms with E-state index in [4.69, 9.17) is 5.73 Å². The van der Waals surface area contributed by atoms with E-state index in [0.717, 1.165) is 17.8 Å². The summed E-state index contributed by atoms with van der Waals surface area (Å²) in [7, 11) is 0. The zero-order valence-corrected chi connectivity index (χ0v) is 13.1. The van der Waals surface area contributed by atoms with Crippen LogP contribution in [0, 0.1) is 5.92 Å². The second-order valence-corrected chi connectivity index (χ2v) is 5.79. The summed E-state index contributed by atoms with van der Waals surface area (Å²) < 4.78 is 0. The molecule has 0 unspecified atom stereocenters. The fraction of sp³-hybridized carbons (Fsp3) is 0.278. The average Bonchev–Trinajstić information content (AvgIpc) is 2.47. The van der Waals surface area contributed by atoms with Crippen LogP contribution in [0.1, 0.15) is 19.4 Å². The normalized spacial score (nSPS) is 10.5. The Labute approximate surface area is 131 Å². The summed E-state index contributed by atoms with van der Waals surface area (Å²) >= 11 is 0. The molecule has 0 aliphatic rings. The molecule has 0 saturated carbocycles. The first-order valence-electron chi connectivity index (χ1n) is 7.52. The molecule has 2 aromatic carbocycles. The van der Waals surface area contributed by atoms with Gasteiger partial charge in [0, 0.05) is 12.2 Å². The van der Waals surface area contributed by atoms with Gasteiger partial charge in [0.25, 0.3) is 0 Å². The fourth-order valence-electron chi connectivity index (χ4n) is 2.10. The minimum Gasteiger partial charge on any atom is -0.397 e. The van der Waals surface area contributed by atoms with E-state index in [-0.39, 0.29) is 5.91 Å². The number of carbonyl (C=O) groups excluding carboxylic acids is 1. The largest absolute Gasteiger partial charge is 0.397 e. The van der Waals surface area contributed by atoms with E-state index in [2.05, 4.69) is 24.5 Å². The maximum absolute atomic E-state index is 12.0. The van der Waals surface area contributed by atoms with E-state index < -0.39 is 0 Å². The van der Waals surface area contributed by atoms with E-state index in [0.29, 0.717) is 23.7 Å². The number of nitrogens with one attached hydrogen (secondary N) is 2. The molecule has 2 aromatic rings. The summed E-state index contributed by atoms with van der Waals surface area (Å²) in [5.41, 5.74) is 9.26. The molecule has 1 amide bonds. The molecule has 0 atom stereocenters. The van der Waals surface area contributed by atoms with Gasteiger partial charge in [-0.25, -0.2) is 0 Å². The van der Waals surface area contributed by atoms with E-state index in [1.807, 2.05) is 42.5 Å². The van der Waals surface area contributed by atoms with Crippen molar-refractivity contribution in [2.45, 2.75) is 20.3 Å². The van der Waals surface area contributed by atoms with Gasteiger partial charge in [-0.1, -0.05) is 44.2 Å². The van der Waals surface area contributed by atoms with Crippen LogP contribution < -0.4 is 16.4 Å². The number of hydrogen-bond donors (Lipinski definition) is 3. The first kappa shape index (κ1) is 15.9. The molecule has 0 fully saturated rings. The number of amides is 1. The lowest BCUT2D eigenvalue weighted by molar-refractivity contribution is -0.115. The number of benzene rings is 2. The van der Waals surface area contributed by atoms with Crippen LogP contribution in [0.5, 0.6) is 0 Å². The average molecular weight is 297 g/mol. The molecule has 2 rings (SSSR count). The van der Waals surface area contributed by atoms with Crippen LogP contribution in [-0.2, 0) is 11.2 Å². The van der Waals surface area contributed by atoms with E-state index >= 15 is 0 Å². The molecule has 116 valence electrons. The van der Waals surface area contributed by atoms with Gasteiger partial charge >= 0.3 is 0 Å². The van der Waals surface area contributed by atoms with Gasteiger partial charge in [-0.2, -0.15) is 0 Å². The maximum atomic E-state index is 12.0. The first-order chi connectivity index (χ1) is 10.5. The number of rotatable bonds is 6. The van der Waals surface area contributed by atoms with Gasteiger partial charge in [0.1, 0.15) is 0 Å². The van der Waals surface area contributed by atoms with E-state index in [9.17, 15) is 4.79 Å². The van der Waals surface area contributed by atoms with Crippen LogP contribution in [-0.4, -0.2) is 12.5 Å². The predicted molar refractivity (Wildman–Crippen MR) is 93.0 cm³/mol. The van der Waals surface area contributed by atoms with Crippen molar-refractivity contribution in [3.63, 3.8) is 0 Å². The van der Waals surface area contributed by atoms with Crippen molar-refractivity contribution in [1.29, 1.82) is 0 Å². The van der Waals surface area contributed by atoms with Crippen LogP contribution >= 0.6 is 0 Å². The standard InChI is InChI=1S/C18H23N3O/c1-13(2)12-20-17-9-8-15(11-16(17)19)21-18(22)10-14-6-4-3-5-7-14/h3-9,11,13,20H,10,12,19H2,1-2H3,(H,21,22). The summed E-state index contributed by atoms with van der Waals surface area (Å²) in [6, 6.07) is 15.2. The summed E-state index contributed by atoms with van der Waals surface area (Å²) in [6.45, 7) is 5.15. The smallest absolute Gasteiger partial charge is 0.228 e. The Bertz CT molecular complexity index is 623. The summed E-state index contributed by atoms with van der Waals surface area (Å²) in [5, 5.41) is 6.17. The van der Waals surface area contributed by atoms with E-state index in [1.165, 1.54) is 0 Å². The Morgan fingerprint density at radius 3 is 2.50 bits per heavy atom. The molecule has 0 bridgehead atoms. The van der Waals surface area contributed by atoms with Crippen molar-refractivity contribution in [3.05, 3.63) is 54.1 Å². The third-order valence-corrected chi connectivity index (χ3v) is 3.24. The lowest BCUT2D eigenvalue weighted by Crippen LogP contribution is -2.15. The van der Waals surface area contributed by atoms with Gasteiger partial charge in [0.2, 0.25) is 5.91 Å². The quantitative estimate of drug-likeness (QED) is 0.715. The minimum atomic E-state index is -0.0477. The molecule has 4 N–H and O–H groups in total. The van der Waals surface area contributed by atoms with Gasteiger partial charge in [0.15, 0.2) is 0 Å². The first-order valence-corrected chi connectivity index (χ1v) is 7.52. The Hall–Kier alpha value is -2.49. The molecule has 0 heterocycles. The topological polar surface area (TPSA) is 67.1 Å². The zero-order valence-electron chi connectivity index (χ0n) is 13.1. The SMILES string of the molecule is CC(C)CNc1ccc(NC(=O)Cc2ccccc2)cc1N. The van der Waals surface area contributed by atoms with Gasteiger partial charge in [0.05, 0.1) is 17.8 Å². The number of nitrogen functional groups attached to an aromatic ring is 1. The van der Waals surface area contributed by atoms with Crippen LogP contribution in [0.3, 0.4) is 0 Å². The third-order valence-electron chi connectivity index (χ3n) is 3.24. The summed E-state index contributed by atoms with van der Waals surface area (Å²) in [6.07, 6.45) is 0.355. The number of carbonyl (C=O) groups is 1. The van der Waals surface area contributed by atoms with Crippen LogP contribution in [0.4, 0.5) is 17.1 Å². The highest BCUT2D eigenvalue weighted by molar-refractivity contribution is 5.93. The van der Waals surface area contributed by atoms with E-state index in [1.54, 1.807) is 6.07 Å². The highest BCUT2D eigenvalue weighted by Gasteiger charge is 2.06. The Balaban J connectivity index is 1.95. The lowest BCUT2D eigenvalue weighted by atomic mass is 10.1. The van der Waals surface area contributed by atoms with Gasteiger partial charge in [-0.3, -0.25) is 4.79 Å². The van der Waals surface area contributed by atoms with Crippen molar-refractivity contribution >= 4 is 23.0 Å². The fourth-order valence-corrected chi connectivity index (χ4v) is 2.10. The Morgan fingerprint density at radius 2 is 1.86 bits per heavy atom.